The minimum absolute atomic E-state index is 0.143. The Morgan fingerprint density at radius 2 is 2.10 bits per heavy atom. The van der Waals surface area contributed by atoms with Crippen molar-refractivity contribution in [2.24, 2.45) is 0 Å². The fraction of sp³-hybridized carbons (Fsp3) is 0.562. The van der Waals surface area contributed by atoms with Gasteiger partial charge in [-0.2, -0.15) is 0 Å². The first-order chi connectivity index (χ1) is 10.0. The summed E-state index contributed by atoms with van der Waals surface area (Å²) < 4.78 is 10.5. The standard InChI is InChI=1S/C16H23ClO4/c1-3-20-16(19)7-5-4-6-10-21-15-9-8-13(12(2)18)11-14(15)17/h8-9,11-12,18H,3-7,10H2,1-2H3. The highest BCUT2D eigenvalue weighted by molar-refractivity contribution is 6.32. The van der Waals surface area contributed by atoms with E-state index in [-0.39, 0.29) is 5.97 Å². The van der Waals surface area contributed by atoms with Crippen molar-refractivity contribution in [2.75, 3.05) is 13.2 Å². The maximum absolute atomic E-state index is 11.1. The molecular formula is C16H23ClO4. The van der Waals surface area contributed by atoms with Gasteiger partial charge < -0.3 is 14.6 Å². The number of rotatable bonds is 9. The van der Waals surface area contributed by atoms with Crippen LogP contribution in [0.25, 0.3) is 0 Å². The molecule has 118 valence electrons. The van der Waals surface area contributed by atoms with E-state index in [4.69, 9.17) is 21.1 Å². The highest BCUT2D eigenvalue weighted by Gasteiger charge is 2.06. The predicted octanol–water partition coefficient (Wildman–Crippen LogP) is 3.90. The lowest BCUT2D eigenvalue weighted by Crippen LogP contribution is -2.04. The van der Waals surface area contributed by atoms with Crippen molar-refractivity contribution < 1.29 is 19.4 Å². The molecule has 1 aromatic rings. The molecule has 1 unspecified atom stereocenters. The molecular weight excluding hydrogens is 292 g/mol. The average Bonchev–Trinajstić information content (AvgIpc) is 2.44. The van der Waals surface area contributed by atoms with Crippen LogP contribution in [0, 0.1) is 0 Å². The summed E-state index contributed by atoms with van der Waals surface area (Å²) in [5.41, 5.74) is 0.766. The molecule has 0 aliphatic rings. The maximum atomic E-state index is 11.1. The molecule has 0 spiro atoms. The first-order valence-electron chi connectivity index (χ1n) is 7.30. The smallest absolute Gasteiger partial charge is 0.305 e. The number of carbonyl (C=O) groups is 1. The molecule has 0 radical (unpaired) electrons. The lowest BCUT2D eigenvalue weighted by atomic mass is 10.1. The molecule has 0 bridgehead atoms. The minimum atomic E-state index is -0.542. The van der Waals surface area contributed by atoms with Crippen LogP contribution in [0.2, 0.25) is 5.02 Å². The molecule has 0 saturated heterocycles. The molecule has 1 atom stereocenters. The average molecular weight is 315 g/mol. The van der Waals surface area contributed by atoms with Crippen molar-refractivity contribution in [1.29, 1.82) is 0 Å². The molecule has 0 aliphatic carbocycles. The van der Waals surface area contributed by atoms with Crippen molar-refractivity contribution in [1.82, 2.24) is 0 Å². The Labute approximate surface area is 131 Å². The number of benzene rings is 1. The largest absolute Gasteiger partial charge is 0.492 e. The summed E-state index contributed by atoms with van der Waals surface area (Å²) in [5.74, 6) is 0.474. The summed E-state index contributed by atoms with van der Waals surface area (Å²) in [6, 6.07) is 5.28. The van der Waals surface area contributed by atoms with E-state index < -0.39 is 6.10 Å². The number of unbranched alkanes of at least 4 members (excludes halogenated alkanes) is 2. The molecule has 0 aliphatic heterocycles. The van der Waals surface area contributed by atoms with Crippen LogP contribution in [0.4, 0.5) is 0 Å². The number of aliphatic hydroxyl groups is 1. The van der Waals surface area contributed by atoms with E-state index in [0.29, 0.717) is 30.4 Å². The molecule has 4 nitrogen and oxygen atoms in total. The summed E-state index contributed by atoms with van der Waals surface area (Å²) in [5, 5.41) is 9.96. The van der Waals surface area contributed by atoms with Crippen molar-refractivity contribution >= 4 is 17.6 Å². The lowest BCUT2D eigenvalue weighted by molar-refractivity contribution is -0.143. The number of ether oxygens (including phenoxy) is 2. The van der Waals surface area contributed by atoms with Gasteiger partial charge in [-0.15, -0.1) is 0 Å². The minimum Gasteiger partial charge on any atom is -0.492 e. The second kappa shape index (κ2) is 9.64. The summed E-state index contributed by atoms with van der Waals surface area (Å²) in [6.45, 7) is 4.48. The fourth-order valence-electron chi connectivity index (χ4n) is 1.86. The Morgan fingerprint density at radius 3 is 2.71 bits per heavy atom. The van der Waals surface area contributed by atoms with E-state index >= 15 is 0 Å². The van der Waals surface area contributed by atoms with Gasteiger partial charge in [0.2, 0.25) is 0 Å². The number of hydrogen-bond acceptors (Lipinski definition) is 4. The van der Waals surface area contributed by atoms with Gasteiger partial charge in [0.05, 0.1) is 24.3 Å². The Balaban J connectivity index is 2.22. The monoisotopic (exact) mass is 314 g/mol. The first-order valence-corrected chi connectivity index (χ1v) is 7.68. The van der Waals surface area contributed by atoms with Crippen molar-refractivity contribution in [2.45, 2.75) is 45.6 Å². The van der Waals surface area contributed by atoms with Crippen LogP contribution in [0.15, 0.2) is 18.2 Å². The molecule has 5 heteroatoms. The van der Waals surface area contributed by atoms with Gasteiger partial charge in [0.25, 0.3) is 0 Å². The van der Waals surface area contributed by atoms with Gasteiger partial charge in [-0.3, -0.25) is 4.79 Å². The van der Waals surface area contributed by atoms with E-state index in [9.17, 15) is 9.90 Å². The van der Waals surface area contributed by atoms with Crippen LogP contribution >= 0.6 is 11.6 Å². The third-order valence-electron chi connectivity index (χ3n) is 3.03. The fourth-order valence-corrected chi connectivity index (χ4v) is 2.10. The molecule has 1 N–H and O–H groups in total. The van der Waals surface area contributed by atoms with Gasteiger partial charge in [0.15, 0.2) is 0 Å². The maximum Gasteiger partial charge on any atom is 0.305 e. The third kappa shape index (κ3) is 6.82. The van der Waals surface area contributed by atoms with Crippen LogP contribution in [0.1, 0.15) is 51.2 Å². The Kier molecular flexibility index (Phi) is 8.16. The zero-order chi connectivity index (χ0) is 15.7. The van der Waals surface area contributed by atoms with Crippen LogP contribution in [0.5, 0.6) is 5.75 Å². The highest BCUT2D eigenvalue weighted by Crippen LogP contribution is 2.28. The second-order valence-electron chi connectivity index (χ2n) is 4.83. The molecule has 0 fully saturated rings. The molecule has 1 rings (SSSR count). The number of halogens is 1. The summed E-state index contributed by atoms with van der Waals surface area (Å²) in [7, 11) is 0. The van der Waals surface area contributed by atoms with Crippen molar-refractivity contribution in [3.63, 3.8) is 0 Å². The van der Waals surface area contributed by atoms with Crippen LogP contribution in [-0.2, 0) is 9.53 Å². The predicted molar refractivity (Wildman–Crippen MR) is 82.7 cm³/mol. The lowest BCUT2D eigenvalue weighted by Gasteiger charge is -2.10. The number of aliphatic hydroxyl groups excluding tert-OH is 1. The van der Waals surface area contributed by atoms with E-state index in [0.717, 1.165) is 24.8 Å². The van der Waals surface area contributed by atoms with Crippen LogP contribution in [-0.4, -0.2) is 24.3 Å². The Bertz CT molecular complexity index is 446. The van der Waals surface area contributed by atoms with Crippen LogP contribution < -0.4 is 4.74 Å². The van der Waals surface area contributed by atoms with Crippen molar-refractivity contribution in [3.8, 4) is 5.75 Å². The van der Waals surface area contributed by atoms with E-state index in [1.54, 1.807) is 32.0 Å². The molecule has 0 saturated carbocycles. The van der Waals surface area contributed by atoms with E-state index in [2.05, 4.69) is 0 Å². The summed E-state index contributed by atoms with van der Waals surface area (Å²) >= 11 is 6.09. The zero-order valence-corrected chi connectivity index (χ0v) is 13.4. The van der Waals surface area contributed by atoms with Gasteiger partial charge in [-0.05, 0) is 50.8 Å². The normalized spacial score (nSPS) is 12.0. The summed E-state index contributed by atoms with van der Waals surface area (Å²) in [4.78, 5) is 11.1. The first kappa shape index (κ1) is 17.8. The zero-order valence-electron chi connectivity index (χ0n) is 12.6. The van der Waals surface area contributed by atoms with Crippen molar-refractivity contribution in [3.05, 3.63) is 28.8 Å². The van der Waals surface area contributed by atoms with Crippen LogP contribution in [0.3, 0.4) is 0 Å². The van der Waals surface area contributed by atoms with Gasteiger partial charge >= 0.3 is 5.97 Å². The van der Waals surface area contributed by atoms with Gasteiger partial charge in [0.1, 0.15) is 5.75 Å². The molecule has 0 amide bonds. The second-order valence-corrected chi connectivity index (χ2v) is 5.24. The molecule has 1 aromatic carbocycles. The van der Waals surface area contributed by atoms with Gasteiger partial charge in [0, 0.05) is 6.42 Å². The molecule has 0 aromatic heterocycles. The molecule has 21 heavy (non-hydrogen) atoms. The highest BCUT2D eigenvalue weighted by atomic mass is 35.5. The SMILES string of the molecule is CCOC(=O)CCCCCOc1ccc(C(C)O)cc1Cl. The summed E-state index contributed by atoms with van der Waals surface area (Å²) in [6.07, 6.45) is 2.48. The number of esters is 1. The Hall–Kier alpha value is -1.26. The van der Waals surface area contributed by atoms with E-state index in [1.165, 1.54) is 0 Å². The topological polar surface area (TPSA) is 55.8 Å². The quantitative estimate of drug-likeness (QED) is 0.555. The Morgan fingerprint density at radius 1 is 1.33 bits per heavy atom. The van der Waals surface area contributed by atoms with Gasteiger partial charge in [-0.1, -0.05) is 17.7 Å². The number of hydrogen-bond donors (Lipinski definition) is 1. The molecule has 0 heterocycles. The van der Waals surface area contributed by atoms with E-state index in [1.807, 2.05) is 0 Å². The third-order valence-corrected chi connectivity index (χ3v) is 3.32. The number of carbonyl (C=O) groups excluding carboxylic acids is 1. The van der Waals surface area contributed by atoms with Gasteiger partial charge in [-0.25, -0.2) is 0 Å².